The normalized spacial score (nSPS) is 42.4. The molecule has 3 rings (SSSR count). The number of rotatable bonds is 3. The molecule has 5 heteroatoms. The number of fused-ring (bicyclic) bond motifs is 2. The first-order valence-corrected chi connectivity index (χ1v) is 8.37. The fourth-order valence-corrected chi connectivity index (χ4v) is 5.06. The number of amidine groups is 1. The minimum atomic E-state index is 0.0618. The van der Waals surface area contributed by atoms with Gasteiger partial charge < -0.3 is 5.32 Å². The maximum absolute atomic E-state index is 11.7. The van der Waals surface area contributed by atoms with Crippen molar-refractivity contribution in [2.45, 2.75) is 43.4 Å². The molecule has 1 N–H and O–H groups in total. The van der Waals surface area contributed by atoms with Gasteiger partial charge in [-0.05, 0) is 37.5 Å². The van der Waals surface area contributed by atoms with Crippen molar-refractivity contribution in [3.05, 3.63) is 0 Å². The molecule has 0 aromatic carbocycles. The molecule has 0 spiro atoms. The molecule has 1 heterocycles. The van der Waals surface area contributed by atoms with Gasteiger partial charge in [-0.15, -0.1) is 0 Å². The Morgan fingerprint density at radius 3 is 2.94 bits per heavy atom. The average Bonchev–Trinajstić information content (AvgIpc) is 2.96. The van der Waals surface area contributed by atoms with Crippen LogP contribution < -0.4 is 5.32 Å². The highest BCUT2D eigenvalue weighted by Crippen LogP contribution is 2.46. The highest BCUT2D eigenvalue weighted by atomic mass is 79.9. The maximum atomic E-state index is 11.7. The van der Waals surface area contributed by atoms with Gasteiger partial charge in [-0.3, -0.25) is 9.79 Å². The van der Waals surface area contributed by atoms with E-state index >= 15 is 0 Å². The fourth-order valence-electron chi connectivity index (χ4n) is 3.28. The average molecular weight is 317 g/mol. The SMILES string of the molecule is O=C1NC(=N[C@H]2C[C@H]3CC[C@H]2C3)SC1CCBr. The lowest BCUT2D eigenvalue weighted by Gasteiger charge is -2.17. The van der Waals surface area contributed by atoms with E-state index < -0.39 is 0 Å². The molecule has 94 valence electrons. The smallest absolute Gasteiger partial charge is 0.239 e. The first-order chi connectivity index (χ1) is 8.26. The van der Waals surface area contributed by atoms with Crippen LogP contribution in [0.4, 0.5) is 0 Å². The lowest BCUT2D eigenvalue weighted by molar-refractivity contribution is -0.118. The Balaban J connectivity index is 1.64. The number of hydrogen-bond acceptors (Lipinski definition) is 3. The van der Waals surface area contributed by atoms with Gasteiger partial charge in [0.1, 0.15) is 0 Å². The predicted molar refractivity (Wildman–Crippen MR) is 74.6 cm³/mol. The second-order valence-electron chi connectivity index (χ2n) is 5.25. The topological polar surface area (TPSA) is 41.5 Å². The quantitative estimate of drug-likeness (QED) is 0.813. The number of aliphatic imine (C=N–C) groups is 1. The summed E-state index contributed by atoms with van der Waals surface area (Å²) in [4.78, 5) is 16.4. The van der Waals surface area contributed by atoms with Gasteiger partial charge in [-0.2, -0.15) is 0 Å². The molecule has 1 saturated heterocycles. The van der Waals surface area contributed by atoms with E-state index in [2.05, 4.69) is 21.2 Å². The van der Waals surface area contributed by atoms with Crippen LogP contribution in [0.1, 0.15) is 32.1 Å². The number of carbonyl (C=O) groups excluding carboxylic acids is 1. The minimum Gasteiger partial charge on any atom is -0.304 e. The number of hydrogen-bond donors (Lipinski definition) is 1. The van der Waals surface area contributed by atoms with Crippen LogP contribution in [-0.4, -0.2) is 27.7 Å². The van der Waals surface area contributed by atoms with Crippen LogP contribution in [0, 0.1) is 11.8 Å². The van der Waals surface area contributed by atoms with Crippen LogP contribution in [0.25, 0.3) is 0 Å². The molecule has 1 amide bonds. The Bertz CT molecular complexity index is 360. The number of nitrogens with one attached hydrogen (secondary N) is 1. The molecular formula is C12H17BrN2OS. The van der Waals surface area contributed by atoms with Crippen molar-refractivity contribution in [2.75, 3.05) is 5.33 Å². The van der Waals surface area contributed by atoms with Crippen molar-refractivity contribution in [1.29, 1.82) is 0 Å². The van der Waals surface area contributed by atoms with E-state index in [1.54, 1.807) is 11.8 Å². The zero-order valence-electron chi connectivity index (χ0n) is 9.69. The lowest BCUT2D eigenvalue weighted by atomic mass is 9.96. The van der Waals surface area contributed by atoms with Gasteiger partial charge in [0, 0.05) is 5.33 Å². The molecule has 3 fully saturated rings. The van der Waals surface area contributed by atoms with Crippen molar-refractivity contribution in [1.82, 2.24) is 5.32 Å². The molecule has 2 saturated carbocycles. The summed E-state index contributed by atoms with van der Waals surface area (Å²) in [6, 6.07) is 0.485. The van der Waals surface area contributed by atoms with Crippen molar-refractivity contribution in [3.8, 4) is 0 Å². The number of alkyl halides is 1. The fraction of sp³-hybridized carbons (Fsp3) is 0.833. The highest BCUT2D eigenvalue weighted by Gasteiger charge is 2.40. The van der Waals surface area contributed by atoms with E-state index in [1.807, 2.05) is 0 Å². The van der Waals surface area contributed by atoms with Gasteiger partial charge in [0.05, 0.1) is 11.3 Å². The summed E-state index contributed by atoms with van der Waals surface area (Å²) in [6.07, 6.45) is 6.23. The maximum Gasteiger partial charge on any atom is 0.239 e. The van der Waals surface area contributed by atoms with Gasteiger partial charge in [-0.1, -0.05) is 34.1 Å². The van der Waals surface area contributed by atoms with E-state index in [-0.39, 0.29) is 11.2 Å². The number of carbonyl (C=O) groups is 1. The summed E-state index contributed by atoms with van der Waals surface area (Å²) in [7, 11) is 0. The monoisotopic (exact) mass is 316 g/mol. The molecule has 3 nitrogen and oxygen atoms in total. The Morgan fingerprint density at radius 1 is 1.41 bits per heavy atom. The first-order valence-electron chi connectivity index (χ1n) is 6.37. The van der Waals surface area contributed by atoms with Gasteiger partial charge >= 0.3 is 0 Å². The minimum absolute atomic E-state index is 0.0618. The number of thioether (sulfide) groups is 1. The zero-order valence-corrected chi connectivity index (χ0v) is 12.1. The largest absolute Gasteiger partial charge is 0.304 e. The molecule has 0 radical (unpaired) electrons. The molecular weight excluding hydrogens is 300 g/mol. The van der Waals surface area contributed by atoms with Gasteiger partial charge in [-0.25, -0.2) is 0 Å². The van der Waals surface area contributed by atoms with E-state index in [1.165, 1.54) is 25.7 Å². The van der Waals surface area contributed by atoms with E-state index in [0.29, 0.717) is 6.04 Å². The van der Waals surface area contributed by atoms with E-state index in [0.717, 1.165) is 28.8 Å². The zero-order chi connectivity index (χ0) is 11.8. The Hall–Kier alpha value is -0.0300. The number of amides is 1. The van der Waals surface area contributed by atoms with E-state index in [9.17, 15) is 4.79 Å². The number of halogens is 1. The molecule has 2 bridgehead atoms. The summed E-state index contributed by atoms with van der Waals surface area (Å²) in [5, 5.41) is 4.74. The third-order valence-electron chi connectivity index (χ3n) is 4.13. The Morgan fingerprint density at radius 2 is 2.29 bits per heavy atom. The van der Waals surface area contributed by atoms with Gasteiger partial charge in [0.25, 0.3) is 0 Å². The van der Waals surface area contributed by atoms with Crippen molar-refractivity contribution in [3.63, 3.8) is 0 Å². The molecule has 17 heavy (non-hydrogen) atoms. The molecule has 2 aliphatic carbocycles. The number of nitrogens with zero attached hydrogens (tertiary/aromatic N) is 1. The first kappa shape index (κ1) is 12.0. The van der Waals surface area contributed by atoms with Crippen LogP contribution in [0.15, 0.2) is 4.99 Å². The third kappa shape index (κ3) is 2.41. The van der Waals surface area contributed by atoms with E-state index in [4.69, 9.17) is 4.99 Å². The van der Waals surface area contributed by atoms with Crippen LogP contribution in [0.3, 0.4) is 0 Å². The lowest BCUT2D eigenvalue weighted by Crippen LogP contribution is -2.26. The molecule has 1 unspecified atom stereocenters. The van der Waals surface area contributed by atoms with Crippen LogP contribution in [0.2, 0.25) is 0 Å². The molecule has 3 aliphatic rings. The second kappa shape index (κ2) is 4.92. The second-order valence-corrected chi connectivity index (χ2v) is 7.23. The Kier molecular flexibility index (Phi) is 3.48. The summed E-state index contributed by atoms with van der Waals surface area (Å²) in [5.74, 6) is 1.84. The van der Waals surface area contributed by atoms with Gasteiger partial charge in [0.15, 0.2) is 5.17 Å². The summed E-state index contributed by atoms with van der Waals surface area (Å²) < 4.78 is 0. The van der Waals surface area contributed by atoms with Crippen LogP contribution in [-0.2, 0) is 4.79 Å². The molecule has 0 aromatic heterocycles. The molecule has 1 aliphatic heterocycles. The molecule has 4 atom stereocenters. The standard InChI is InChI=1S/C12H17BrN2OS/c13-4-3-10-11(16)15-12(17-10)14-9-6-7-1-2-8(9)5-7/h7-10H,1-6H2,(H,14,15,16)/t7-,8-,9-,10?/m0/s1. The van der Waals surface area contributed by atoms with Crippen molar-refractivity contribution in [2.24, 2.45) is 16.8 Å². The van der Waals surface area contributed by atoms with Crippen LogP contribution >= 0.6 is 27.7 Å². The van der Waals surface area contributed by atoms with Crippen molar-refractivity contribution < 1.29 is 4.79 Å². The summed E-state index contributed by atoms with van der Waals surface area (Å²) in [6.45, 7) is 0. The van der Waals surface area contributed by atoms with Crippen molar-refractivity contribution >= 4 is 38.8 Å². The van der Waals surface area contributed by atoms with Gasteiger partial charge in [0.2, 0.25) is 5.91 Å². The summed E-state index contributed by atoms with van der Waals surface area (Å²) >= 11 is 5.01. The predicted octanol–water partition coefficient (Wildman–Crippen LogP) is 2.55. The highest BCUT2D eigenvalue weighted by molar-refractivity contribution is 9.09. The third-order valence-corrected chi connectivity index (χ3v) is 5.75. The summed E-state index contributed by atoms with van der Waals surface area (Å²) in [5.41, 5.74) is 0. The molecule has 0 aromatic rings. The Labute approximate surface area is 114 Å². The van der Waals surface area contributed by atoms with Crippen LogP contribution in [0.5, 0.6) is 0 Å².